The molecule has 0 aromatic heterocycles. The van der Waals surface area contributed by atoms with Crippen molar-refractivity contribution in [3.8, 4) is 6.07 Å². The number of fused-ring (bicyclic) bond motifs is 1. The maximum Gasteiger partial charge on any atom is 0.427 e. The molecule has 3 atom stereocenters. The fraction of sp³-hybridized carbons (Fsp3) is 0.619. The Labute approximate surface area is 186 Å². The number of alkyl halides is 3. The van der Waals surface area contributed by atoms with Crippen molar-refractivity contribution in [2.45, 2.75) is 76.7 Å². The SMILES string of the molecule is Cc1c(/N=C2\O[C@@H](C(F)(F)F)[C@@H]3[C@H](O[Si](C)(C)C(C)(C)C)CCN23)ccc(C#N)c1Cl. The lowest BCUT2D eigenvalue weighted by Gasteiger charge is -2.40. The zero-order valence-corrected chi connectivity index (χ0v) is 20.2. The molecule has 10 heteroatoms. The van der Waals surface area contributed by atoms with E-state index in [1.807, 2.05) is 19.2 Å². The third kappa shape index (κ3) is 4.43. The van der Waals surface area contributed by atoms with Crippen LogP contribution < -0.4 is 0 Å². The maximum atomic E-state index is 13.9. The van der Waals surface area contributed by atoms with E-state index in [-0.39, 0.29) is 21.6 Å². The molecule has 2 fully saturated rings. The highest BCUT2D eigenvalue weighted by atomic mass is 35.5. The van der Waals surface area contributed by atoms with E-state index in [9.17, 15) is 13.2 Å². The molecule has 2 heterocycles. The molecule has 2 saturated heterocycles. The molecule has 170 valence electrons. The van der Waals surface area contributed by atoms with E-state index in [2.05, 4.69) is 25.8 Å². The molecule has 2 aliphatic rings. The van der Waals surface area contributed by atoms with Crippen LogP contribution in [-0.4, -0.2) is 50.2 Å². The van der Waals surface area contributed by atoms with Crippen LogP contribution in [0.1, 0.15) is 38.3 Å². The van der Waals surface area contributed by atoms with Crippen LogP contribution in [0.2, 0.25) is 23.2 Å². The zero-order chi connectivity index (χ0) is 23.4. The van der Waals surface area contributed by atoms with E-state index in [1.165, 1.54) is 6.07 Å². The molecule has 0 aliphatic carbocycles. The first-order valence-electron chi connectivity index (χ1n) is 10.1. The van der Waals surface area contributed by atoms with Crippen LogP contribution in [0.25, 0.3) is 0 Å². The Balaban J connectivity index is 1.97. The molecule has 0 saturated carbocycles. The van der Waals surface area contributed by atoms with Crippen LogP contribution in [-0.2, 0) is 9.16 Å². The van der Waals surface area contributed by atoms with Crippen LogP contribution in [0, 0.1) is 18.3 Å². The highest BCUT2D eigenvalue weighted by Gasteiger charge is 2.61. The van der Waals surface area contributed by atoms with Crippen LogP contribution in [0.3, 0.4) is 0 Å². The lowest BCUT2D eigenvalue weighted by Crippen LogP contribution is -2.51. The number of amidine groups is 1. The molecule has 1 aromatic rings. The zero-order valence-electron chi connectivity index (χ0n) is 18.5. The molecular weight excluding hydrogens is 447 g/mol. The number of nitriles is 1. The van der Waals surface area contributed by atoms with E-state index in [4.69, 9.17) is 26.0 Å². The molecule has 3 rings (SSSR count). The standard InChI is InChI=1S/C21H27ClF3N3O2Si/c1-12-14(8-7-13(11-26)16(12)22)27-19-28-10-9-15(30-31(5,6)20(2,3)4)17(28)18(29-19)21(23,24)25/h7-8,15,17-18H,9-10H2,1-6H3/b27-19-/t15-,17+,18-/m1/s1. The van der Waals surface area contributed by atoms with Gasteiger partial charge in [0, 0.05) is 6.54 Å². The minimum Gasteiger partial charge on any atom is -0.450 e. The Kier molecular flexibility index (Phi) is 6.15. The van der Waals surface area contributed by atoms with E-state index in [0.717, 1.165) is 0 Å². The fourth-order valence-electron chi connectivity index (χ4n) is 3.64. The number of hydrogen-bond donors (Lipinski definition) is 0. The number of nitrogens with zero attached hydrogens (tertiary/aromatic N) is 3. The predicted octanol–water partition coefficient (Wildman–Crippen LogP) is 5.93. The smallest absolute Gasteiger partial charge is 0.427 e. The van der Waals surface area contributed by atoms with Crippen molar-refractivity contribution in [3.05, 3.63) is 28.3 Å². The Hall–Kier alpha value is -1.76. The van der Waals surface area contributed by atoms with Gasteiger partial charge in [0.1, 0.15) is 12.1 Å². The first-order valence-corrected chi connectivity index (χ1v) is 13.4. The van der Waals surface area contributed by atoms with Gasteiger partial charge in [-0.1, -0.05) is 32.4 Å². The van der Waals surface area contributed by atoms with E-state index >= 15 is 0 Å². The number of benzene rings is 1. The van der Waals surface area contributed by atoms with Crippen molar-refractivity contribution >= 4 is 31.6 Å². The van der Waals surface area contributed by atoms with Crippen molar-refractivity contribution < 1.29 is 22.3 Å². The van der Waals surface area contributed by atoms with Crippen LogP contribution in [0.15, 0.2) is 17.1 Å². The summed E-state index contributed by atoms with van der Waals surface area (Å²) in [4.78, 5) is 5.92. The highest BCUT2D eigenvalue weighted by Crippen LogP contribution is 2.44. The lowest BCUT2D eigenvalue weighted by molar-refractivity contribution is -0.203. The normalized spacial score (nSPS) is 25.5. The summed E-state index contributed by atoms with van der Waals surface area (Å²) in [5.74, 6) is 0. The van der Waals surface area contributed by atoms with E-state index < -0.39 is 32.7 Å². The van der Waals surface area contributed by atoms with E-state index in [1.54, 1.807) is 17.9 Å². The van der Waals surface area contributed by atoms with Crippen molar-refractivity contribution in [2.24, 2.45) is 4.99 Å². The summed E-state index contributed by atoms with van der Waals surface area (Å²) in [5, 5.41) is 9.21. The summed E-state index contributed by atoms with van der Waals surface area (Å²) in [7, 11) is -2.28. The molecule has 1 aromatic carbocycles. The second kappa shape index (κ2) is 7.98. The molecule has 0 bridgehead atoms. The summed E-state index contributed by atoms with van der Waals surface area (Å²) in [6.07, 6.45) is -6.69. The molecule has 0 radical (unpaired) electrons. The lowest BCUT2D eigenvalue weighted by atomic mass is 10.1. The average molecular weight is 474 g/mol. The third-order valence-corrected chi connectivity index (χ3v) is 11.4. The second-order valence-corrected chi connectivity index (χ2v) is 14.7. The molecular formula is C21H27ClF3N3O2Si. The quantitative estimate of drug-likeness (QED) is 0.510. The van der Waals surface area contributed by atoms with Gasteiger partial charge < -0.3 is 14.1 Å². The summed E-state index contributed by atoms with van der Waals surface area (Å²) < 4.78 is 53.4. The molecule has 0 unspecified atom stereocenters. The van der Waals surface area contributed by atoms with Crippen LogP contribution in [0.4, 0.5) is 18.9 Å². The largest absolute Gasteiger partial charge is 0.450 e. The van der Waals surface area contributed by atoms with Crippen LogP contribution >= 0.6 is 11.6 Å². The van der Waals surface area contributed by atoms with Gasteiger partial charge in [-0.2, -0.15) is 23.4 Å². The number of rotatable bonds is 3. The number of hydrogen-bond acceptors (Lipinski definition) is 4. The fourth-order valence-corrected chi connectivity index (χ4v) is 5.21. The van der Waals surface area contributed by atoms with Gasteiger partial charge in [-0.25, -0.2) is 0 Å². The average Bonchev–Trinajstić information content (AvgIpc) is 3.19. The van der Waals surface area contributed by atoms with E-state index in [0.29, 0.717) is 24.2 Å². The van der Waals surface area contributed by atoms with Crippen molar-refractivity contribution in [3.63, 3.8) is 0 Å². The van der Waals surface area contributed by atoms with Gasteiger partial charge in [-0.3, -0.25) is 0 Å². The molecule has 5 nitrogen and oxygen atoms in total. The van der Waals surface area contributed by atoms with Gasteiger partial charge in [0.2, 0.25) is 6.10 Å². The summed E-state index contributed by atoms with van der Waals surface area (Å²) in [5.41, 5.74) is 1.16. The minimum absolute atomic E-state index is 0.0856. The van der Waals surface area contributed by atoms with Crippen LogP contribution in [0.5, 0.6) is 0 Å². The Morgan fingerprint density at radius 3 is 2.48 bits per heavy atom. The second-order valence-electron chi connectivity index (χ2n) is 9.55. The molecule has 0 amide bonds. The van der Waals surface area contributed by atoms with Gasteiger partial charge in [-0.15, -0.1) is 0 Å². The predicted molar refractivity (Wildman–Crippen MR) is 116 cm³/mol. The van der Waals surface area contributed by atoms with Gasteiger partial charge >= 0.3 is 6.18 Å². The Morgan fingerprint density at radius 1 is 1.29 bits per heavy atom. The topological polar surface area (TPSA) is 57.9 Å². The first kappa shape index (κ1) is 23.9. The van der Waals surface area contributed by atoms with Crippen molar-refractivity contribution in [1.29, 1.82) is 5.26 Å². The van der Waals surface area contributed by atoms with Gasteiger partial charge in [-0.05, 0) is 49.2 Å². The third-order valence-electron chi connectivity index (χ3n) is 6.45. The summed E-state index contributed by atoms with van der Waals surface area (Å²) >= 11 is 6.19. The monoisotopic (exact) mass is 473 g/mol. The molecule has 2 aliphatic heterocycles. The molecule has 0 N–H and O–H groups in total. The van der Waals surface area contributed by atoms with Gasteiger partial charge in [0.05, 0.1) is 22.4 Å². The Bertz CT molecular complexity index is 938. The summed E-state index contributed by atoms with van der Waals surface area (Å²) in [6.45, 7) is 12.3. The van der Waals surface area contributed by atoms with Gasteiger partial charge in [0.15, 0.2) is 8.32 Å². The number of ether oxygens (including phenoxy) is 1. The number of halogens is 4. The Morgan fingerprint density at radius 2 is 1.94 bits per heavy atom. The number of aliphatic imine (C=N–C) groups is 1. The van der Waals surface area contributed by atoms with Crippen molar-refractivity contribution in [1.82, 2.24) is 4.90 Å². The molecule has 31 heavy (non-hydrogen) atoms. The highest BCUT2D eigenvalue weighted by molar-refractivity contribution is 6.74. The molecule has 0 spiro atoms. The summed E-state index contributed by atoms with van der Waals surface area (Å²) in [6, 6.07) is 3.96. The maximum absolute atomic E-state index is 13.9. The van der Waals surface area contributed by atoms with Crippen molar-refractivity contribution in [2.75, 3.05) is 6.54 Å². The van der Waals surface area contributed by atoms with Gasteiger partial charge in [0.25, 0.3) is 6.02 Å². The minimum atomic E-state index is -4.56. The first-order chi connectivity index (χ1) is 14.2.